The Labute approximate surface area is 154 Å². The number of hydrogen-bond acceptors (Lipinski definition) is 4. The number of hydrogen-bond donors (Lipinski definition) is 0. The van der Waals surface area contributed by atoms with Gasteiger partial charge in [0.15, 0.2) is 0 Å². The van der Waals surface area contributed by atoms with Crippen molar-refractivity contribution in [3.8, 4) is 0 Å². The first kappa shape index (κ1) is 23.8. The second-order valence-corrected chi connectivity index (χ2v) is 6.88. The molecule has 0 fully saturated rings. The molecule has 0 N–H and O–H groups in total. The molecular weight excluding hydrogens is 316 g/mol. The molecule has 0 amide bonds. The largest absolute Gasteiger partial charge is 0.465 e. The van der Waals surface area contributed by atoms with Crippen molar-refractivity contribution >= 4 is 18.0 Å². The molecule has 0 radical (unpaired) electrons. The fraction of sp³-hybridized carbons (Fsp3) is 0.857. The molecule has 1 atom stereocenters. The molecule has 25 heavy (non-hydrogen) atoms. The van der Waals surface area contributed by atoms with E-state index in [4.69, 9.17) is 4.74 Å². The fourth-order valence-electron chi connectivity index (χ4n) is 2.95. The zero-order chi connectivity index (χ0) is 18.8. The second kappa shape index (κ2) is 17.6. The van der Waals surface area contributed by atoms with E-state index in [1.165, 1.54) is 57.8 Å². The summed E-state index contributed by atoms with van der Waals surface area (Å²) < 4.78 is 4.79. The van der Waals surface area contributed by atoms with Crippen molar-refractivity contribution in [2.75, 3.05) is 6.61 Å². The van der Waals surface area contributed by atoms with Crippen LogP contribution in [0.4, 0.5) is 0 Å². The van der Waals surface area contributed by atoms with E-state index in [2.05, 4.69) is 6.92 Å². The highest BCUT2D eigenvalue weighted by Gasteiger charge is 2.21. The summed E-state index contributed by atoms with van der Waals surface area (Å²) in [5.74, 6) is -1.53. The number of unbranched alkanes of at least 4 members (excludes halogenated alkanes) is 11. The lowest BCUT2D eigenvalue weighted by Gasteiger charge is -2.08. The predicted octanol–water partition coefficient (Wildman–Crippen LogP) is 5.42. The minimum Gasteiger partial charge on any atom is -0.465 e. The lowest BCUT2D eigenvalue weighted by molar-refractivity contribution is -0.150. The van der Waals surface area contributed by atoms with E-state index in [-0.39, 0.29) is 18.8 Å². The molecule has 0 aromatic rings. The van der Waals surface area contributed by atoms with Gasteiger partial charge in [-0.05, 0) is 13.3 Å². The van der Waals surface area contributed by atoms with E-state index >= 15 is 0 Å². The van der Waals surface area contributed by atoms with Gasteiger partial charge in [-0.2, -0.15) is 0 Å². The number of ketones is 1. The van der Waals surface area contributed by atoms with Crippen molar-refractivity contribution < 1.29 is 19.1 Å². The number of esters is 1. The van der Waals surface area contributed by atoms with Crippen LogP contribution in [0.5, 0.6) is 0 Å². The monoisotopic (exact) mass is 354 g/mol. The maximum absolute atomic E-state index is 11.8. The van der Waals surface area contributed by atoms with E-state index in [0.29, 0.717) is 12.7 Å². The summed E-state index contributed by atoms with van der Waals surface area (Å²) in [5.41, 5.74) is 0. The zero-order valence-corrected chi connectivity index (χ0v) is 16.4. The molecule has 0 aromatic carbocycles. The molecule has 0 aliphatic rings. The molecular formula is C21H38O4. The summed E-state index contributed by atoms with van der Waals surface area (Å²) in [7, 11) is 0. The van der Waals surface area contributed by atoms with E-state index in [0.717, 1.165) is 19.3 Å². The smallest absolute Gasteiger partial charge is 0.316 e. The number of carbonyl (C=O) groups is 3. The van der Waals surface area contributed by atoms with Crippen LogP contribution >= 0.6 is 0 Å². The first-order valence-corrected chi connectivity index (χ1v) is 10.3. The van der Waals surface area contributed by atoms with Crippen molar-refractivity contribution in [2.24, 2.45) is 5.92 Å². The van der Waals surface area contributed by atoms with Gasteiger partial charge < -0.3 is 9.53 Å². The standard InChI is InChI=1S/C21H38O4/c1-3-5-6-7-8-9-10-11-12-13-14-15-16-20(23)17-19(18-22)21(24)25-4-2/h18-19H,3-17H2,1-2H3. The van der Waals surface area contributed by atoms with Gasteiger partial charge in [0.25, 0.3) is 0 Å². The maximum atomic E-state index is 11.8. The highest BCUT2D eigenvalue weighted by atomic mass is 16.5. The highest BCUT2D eigenvalue weighted by Crippen LogP contribution is 2.13. The number of ether oxygens (including phenoxy) is 1. The third-order valence-corrected chi connectivity index (χ3v) is 4.51. The van der Waals surface area contributed by atoms with Crippen LogP contribution in [-0.4, -0.2) is 24.6 Å². The SMILES string of the molecule is CCCCCCCCCCCCCCC(=O)CC(C=O)C(=O)OCC. The predicted molar refractivity (Wildman–Crippen MR) is 102 cm³/mol. The Morgan fingerprint density at radius 2 is 1.28 bits per heavy atom. The Kier molecular flexibility index (Phi) is 16.8. The molecule has 0 aliphatic heterocycles. The topological polar surface area (TPSA) is 60.4 Å². The highest BCUT2D eigenvalue weighted by molar-refractivity contribution is 5.93. The van der Waals surface area contributed by atoms with Crippen molar-refractivity contribution in [1.82, 2.24) is 0 Å². The first-order valence-electron chi connectivity index (χ1n) is 10.3. The molecule has 0 bridgehead atoms. The van der Waals surface area contributed by atoms with Gasteiger partial charge in [-0.15, -0.1) is 0 Å². The molecule has 4 nitrogen and oxygen atoms in total. The first-order chi connectivity index (χ1) is 12.2. The lowest BCUT2D eigenvalue weighted by atomic mass is 9.99. The molecule has 4 heteroatoms. The molecule has 0 aliphatic carbocycles. The number of aldehydes is 1. The Bertz CT molecular complexity index is 352. The van der Waals surface area contributed by atoms with Gasteiger partial charge in [0.2, 0.25) is 0 Å². The van der Waals surface area contributed by atoms with Crippen LogP contribution < -0.4 is 0 Å². The van der Waals surface area contributed by atoms with Crippen molar-refractivity contribution in [3.05, 3.63) is 0 Å². The summed E-state index contributed by atoms with van der Waals surface area (Å²) >= 11 is 0. The molecule has 0 saturated heterocycles. The van der Waals surface area contributed by atoms with Crippen LogP contribution in [-0.2, 0) is 19.1 Å². The van der Waals surface area contributed by atoms with Gasteiger partial charge in [-0.3, -0.25) is 9.59 Å². The van der Waals surface area contributed by atoms with Crippen molar-refractivity contribution in [2.45, 2.75) is 104 Å². The van der Waals surface area contributed by atoms with Crippen molar-refractivity contribution in [3.63, 3.8) is 0 Å². The minimum atomic E-state index is -0.926. The molecule has 0 heterocycles. The average molecular weight is 355 g/mol. The van der Waals surface area contributed by atoms with Gasteiger partial charge in [-0.1, -0.05) is 77.6 Å². The Balaban J connectivity index is 3.48. The van der Waals surface area contributed by atoms with E-state index in [9.17, 15) is 14.4 Å². The molecule has 0 rings (SSSR count). The summed E-state index contributed by atoms with van der Waals surface area (Å²) in [6.07, 6.45) is 16.0. The van der Waals surface area contributed by atoms with Gasteiger partial charge in [0, 0.05) is 12.8 Å². The summed E-state index contributed by atoms with van der Waals surface area (Å²) in [6, 6.07) is 0. The molecule has 146 valence electrons. The Morgan fingerprint density at radius 1 is 0.800 bits per heavy atom. The van der Waals surface area contributed by atoms with E-state index < -0.39 is 11.9 Å². The fourth-order valence-corrected chi connectivity index (χ4v) is 2.95. The van der Waals surface area contributed by atoms with Crippen molar-refractivity contribution in [1.29, 1.82) is 0 Å². The summed E-state index contributed by atoms with van der Waals surface area (Å²) in [4.78, 5) is 34.2. The van der Waals surface area contributed by atoms with E-state index in [1.54, 1.807) is 6.92 Å². The molecule has 0 aromatic heterocycles. The summed E-state index contributed by atoms with van der Waals surface area (Å²) in [6.45, 7) is 4.17. The molecule has 0 saturated carbocycles. The second-order valence-electron chi connectivity index (χ2n) is 6.88. The zero-order valence-electron chi connectivity index (χ0n) is 16.4. The average Bonchev–Trinajstić information content (AvgIpc) is 2.60. The van der Waals surface area contributed by atoms with Crippen LogP contribution in [0.3, 0.4) is 0 Å². The van der Waals surface area contributed by atoms with Crippen LogP contribution in [0.1, 0.15) is 104 Å². The van der Waals surface area contributed by atoms with E-state index in [1.807, 2.05) is 0 Å². The third kappa shape index (κ3) is 14.8. The van der Waals surface area contributed by atoms with Crippen LogP contribution in [0, 0.1) is 5.92 Å². The Hall–Kier alpha value is -1.19. The quantitative estimate of drug-likeness (QED) is 0.143. The van der Waals surface area contributed by atoms with Gasteiger partial charge in [-0.25, -0.2) is 0 Å². The van der Waals surface area contributed by atoms with Crippen LogP contribution in [0.2, 0.25) is 0 Å². The van der Waals surface area contributed by atoms with Gasteiger partial charge >= 0.3 is 5.97 Å². The number of Topliss-reactive ketones (excluding diaryl/α,β-unsaturated/α-hetero) is 1. The number of rotatable bonds is 18. The maximum Gasteiger partial charge on any atom is 0.316 e. The molecule has 0 spiro atoms. The normalized spacial score (nSPS) is 11.9. The number of carbonyl (C=O) groups excluding carboxylic acids is 3. The summed E-state index contributed by atoms with van der Waals surface area (Å²) in [5, 5.41) is 0. The third-order valence-electron chi connectivity index (χ3n) is 4.51. The van der Waals surface area contributed by atoms with Gasteiger partial charge in [0.05, 0.1) is 6.61 Å². The van der Waals surface area contributed by atoms with Crippen LogP contribution in [0.15, 0.2) is 0 Å². The van der Waals surface area contributed by atoms with Gasteiger partial charge in [0.1, 0.15) is 18.0 Å². The minimum absolute atomic E-state index is 0.0135. The van der Waals surface area contributed by atoms with Crippen LogP contribution in [0.25, 0.3) is 0 Å². The molecule has 1 unspecified atom stereocenters. The lowest BCUT2D eigenvalue weighted by Crippen LogP contribution is -2.22. The Morgan fingerprint density at radius 3 is 1.72 bits per heavy atom.